The molecule has 1 heterocycles. The van der Waals surface area contributed by atoms with E-state index < -0.39 is 12.0 Å². The van der Waals surface area contributed by atoms with E-state index in [0.717, 1.165) is 0 Å². The zero-order chi connectivity index (χ0) is 11.0. The van der Waals surface area contributed by atoms with E-state index in [1.54, 1.807) is 14.2 Å². The van der Waals surface area contributed by atoms with E-state index in [1.807, 2.05) is 0 Å². The molecule has 1 aliphatic rings. The third-order valence-corrected chi connectivity index (χ3v) is 1.40. The number of methoxy groups -OCH3 is 2. The lowest BCUT2D eigenvalue weighted by Crippen LogP contribution is -2.30. The van der Waals surface area contributed by atoms with Crippen molar-refractivity contribution in [2.75, 3.05) is 21.3 Å². The van der Waals surface area contributed by atoms with E-state index in [1.165, 1.54) is 7.11 Å². The van der Waals surface area contributed by atoms with Gasteiger partial charge in [-0.05, 0) is 0 Å². The highest BCUT2D eigenvalue weighted by atomic mass is 16.5. The van der Waals surface area contributed by atoms with Gasteiger partial charge in [-0.2, -0.15) is 5.10 Å². The molecule has 80 valence electrons. The smallest absolute Gasteiger partial charge is 0.330 e. The number of nitrogens with one attached hydrogen (secondary N) is 1. The van der Waals surface area contributed by atoms with Crippen molar-refractivity contribution in [3.63, 3.8) is 0 Å². The Labute approximate surface area is 82.3 Å². The van der Waals surface area contributed by atoms with Gasteiger partial charge in [0.05, 0.1) is 7.11 Å². The third-order valence-electron chi connectivity index (χ3n) is 1.40. The number of aldehydes is 1. The van der Waals surface area contributed by atoms with Crippen LogP contribution in [0.2, 0.25) is 0 Å². The van der Waals surface area contributed by atoms with Crippen LogP contribution in [0, 0.1) is 0 Å². The number of hydrogen-bond acceptors (Lipinski definition) is 6. The second kappa shape index (κ2) is 7.02. The lowest BCUT2D eigenvalue weighted by Gasteiger charge is -2.04. The largest absolute Gasteiger partial charge is 0.467 e. The minimum atomic E-state index is -0.486. The summed E-state index contributed by atoms with van der Waals surface area (Å²) in [5, 5.41) is 3.60. The van der Waals surface area contributed by atoms with Crippen LogP contribution in [0.25, 0.3) is 0 Å². The monoisotopic (exact) mass is 202 g/mol. The van der Waals surface area contributed by atoms with Crippen molar-refractivity contribution in [2.24, 2.45) is 5.10 Å². The molecule has 0 bridgehead atoms. The van der Waals surface area contributed by atoms with E-state index in [2.05, 4.69) is 20.0 Å². The van der Waals surface area contributed by atoms with Crippen LogP contribution in [0.1, 0.15) is 6.42 Å². The Morgan fingerprint density at radius 2 is 2.14 bits per heavy atom. The van der Waals surface area contributed by atoms with Gasteiger partial charge in [0, 0.05) is 20.6 Å². The summed E-state index contributed by atoms with van der Waals surface area (Å²) in [7, 11) is 4.54. The fourth-order valence-corrected chi connectivity index (χ4v) is 0.814. The molecule has 0 amide bonds. The molecule has 6 nitrogen and oxygen atoms in total. The first-order valence-electron chi connectivity index (χ1n) is 3.94. The summed E-state index contributed by atoms with van der Waals surface area (Å²) in [6, 6.07) is -0.486. The number of carbonyl (C=O) groups excluding carboxylic acids is 2. The molecule has 0 aromatic carbocycles. The van der Waals surface area contributed by atoms with Crippen molar-refractivity contribution in [3.8, 4) is 0 Å². The molecule has 1 N–H and O–H groups in total. The number of hydrazone groups is 1. The van der Waals surface area contributed by atoms with Crippen molar-refractivity contribution >= 4 is 18.0 Å². The molecule has 0 aliphatic carbocycles. The molecule has 0 aromatic rings. The normalized spacial score (nSPS) is 18.5. The van der Waals surface area contributed by atoms with Gasteiger partial charge in [0.25, 0.3) is 0 Å². The molecule has 0 saturated carbocycles. The van der Waals surface area contributed by atoms with Crippen LogP contribution in [0.5, 0.6) is 0 Å². The maximum Gasteiger partial charge on any atom is 0.330 e. The molecule has 1 aliphatic heterocycles. The average Bonchev–Trinajstić information content (AvgIpc) is 2.66. The molecule has 0 aromatic heterocycles. The molecule has 6 heteroatoms. The first kappa shape index (κ1) is 12.6. The zero-order valence-corrected chi connectivity index (χ0v) is 8.44. The molecule has 0 saturated heterocycles. The molecular formula is C8H14N2O4. The molecular weight excluding hydrogens is 188 g/mol. The van der Waals surface area contributed by atoms with Crippen molar-refractivity contribution in [1.82, 2.24) is 5.43 Å². The predicted octanol–water partition coefficient (Wildman–Crippen LogP) is -0.661. The van der Waals surface area contributed by atoms with Crippen LogP contribution in [0.15, 0.2) is 5.10 Å². The third kappa shape index (κ3) is 3.99. The summed E-state index contributed by atoms with van der Waals surface area (Å²) in [6.45, 7) is 0. The van der Waals surface area contributed by atoms with Crippen LogP contribution < -0.4 is 5.43 Å². The van der Waals surface area contributed by atoms with Gasteiger partial charge in [-0.1, -0.05) is 0 Å². The van der Waals surface area contributed by atoms with Gasteiger partial charge >= 0.3 is 5.97 Å². The lowest BCUT2D eigenvalue weighted by molar-refractivity contribution is -0.142. The average molecular weight is 202 g/mol. The van der Waals surface area contributed by atoms with Gasteiger partial charge in [-0.15, -0.1) is 0 Å². The molecule has 0 fully saturated rings. The van der Waals surface area contributed by atoms with Gasteiger partial charge in [0.15, 0.2) is 6.29 Å². The summed E-state index contributed by atoms with van der Waals surface area (Å²) in [4.78, 5) is 20.9. The number of rotatable bonds is 2. The summed E-state index contributed by atoms with van der Waals surface area (Å²) >= 11 is 0. The number of hydrogen-bond donors (Lipinski definition) is 1. The summed E-state index contributed by atoms with van der Waals surface area (Å²) in [5.41, 5.74) is 2.84. The maximum atomic E-state index is 10.8. The number of esters is 1. The molecule has 0 radical (unpaired) electrons. The molecule has 1 rings (SSSR count). The van der Waals surface area contributed by atoms with Crippen LogP contribution >= 0.6 is 0 Å². The van der Waals surface area contributed by atoms with Crippen LogP contribution in [0.4, 0.5) is 0 Å². The SMILES string of the molecule is COC.COC(=O)C1CC(C=O)=NN1. The van der Waals surface area contributed by atoms with E-state index in [0.29, 0.717) is 18.4 Å². The molecule has 1 atom stereocenters. The minimum absolute atomic E-state index is 0.316. The van der Waals surface area contributed by atoms with Crippen molar-refractivity contribution < 1.29 is 19.1 Å². The highest BCUT2D eigenvalue weighted by Crippen LogP contribution is 2.02. The first-order valence-corrected chi connectivity index (χ1v) is 3.94. The van der Waals surface area contributed by atoms with E-state index in [9.17, 15) is 9.59 Å². The minimum Gasteiger partial charge on any atom is -0.467 e. The summed E-state index contributed by atoms with van der Waals surface area (Å²) in [5.74, 6) is -0.398. The Morgan fingerprint density at radius 3 is 2.50 bits per heavy atom. The topological polar surface area (TPSA) is 77.0 Å². The standard InChI is InChI=1S/C6H8N2O3.C2H6O/c1-11-6(10)5-2-4(3-9)7-8-5;1-3-2/h3,5,8H,2H2,1H3;1-2H3. The maximum absolute atomic E-state index is 10.8. The zero-order valence-electron chi connectivity index (χ0n) is 8.44. The quantitative estimate of drug-likeness (QED) is 0.475. The number of carbonyl (C=O) groups is 2. The van der Waals surface area contributed by atoms with Crippen molar-refractivity contribution in [1.29, 1.82) is 0 Å². The van der Waals surface area contributed by atoms with Crippen molar-refractivity contribution in [2.45, 2.75) is 12.5 Å². The molecule has 1 unspecified atom stereocenters. The fraction of sp³-hybridized carbons (Fsp3) is 0.625. The highest BCUT2D eigenvalue weighted by molar-refractivity contribution is 6.29. The van der Waals surface area contributed by atoms with Crippen LogP contribution in [0.3, 0.4) is 0 Å². The van der Waals surface area contributed by atoms with E-state index in [-0.39, 0.29) is 0 Å². The summed E-state index contributed by atoms with van der Waals surface area (Å²) in [6.07, 6.45) is 0.937. The van der Waals surface area contributed by atoms with Gasteiger partial charge in [0.2, 0.25) is 0 Å². The Hall–Kier alpha value is -1.43. The van der Waals surface area contributed by atoms with Gasteiger partial charge < -0.3 is 9.47 Å². The number of nitrogens with zero attached hydrogens (tertiary/aromatic N) is 1. The predicted molar refractivity (Wildman–Crippen MR) is 50.0 cm³/mol. The van der Waals surface area contributed by atoms with Gasteiger partial charge in [0.1, 0.15) is 11.8 Å². The van der Waals surface area contributed by atoms with E-state index in [4.69, 9.17) is 0 Å². The van der Waals surface area contributed by atoms with Crippen LogP contribution in [-0.2, 0) is 19.1 Å². The molecule has 0 spiro atoms. The Balaban J connectivity index is 0.000000500. The van der Waals surface area contributed by atoms with Gasteiger partial charge in [-0.3, -0.25) is 10.2 Å². The second-order valence-electron chi connectivity index (χ2n) is 2.54. The highest BCUT2D eigenvalue weighted by Gasteiger charge is 2.25. The van der Waals surface area contributed by atoms with Gasteiger partial charge in [-0.25, -0.2) is 4.79 Å². The number of ether oxygens (including phenoxy) is 2. The summed E-state index contributed by atoms with van der Waals surface area (Å²) < 4.78 is 8.69. The Kier molecular flexibility index (Phi) is 6.30. The molecule has 14 heavy (non-hydrogen) atoms. The first-order chi connectivity index (χ1) is 6.69. The lowest BCUT2D eigenvalue weighted by atomic mass is 10.2. The Bertz CT molecular complexity index is 227. The van der Waals surface area contributed by atoms with E-state index >= 15 is 0 Å². The fourth-order valence-electron chi connectivity index (χ4n) is 0.814. The van der Waals surface area contributed by atoms with Crippen molar-refractivity contribution in [3.05, 3.63) is 0 Å². The second-order valence-corrected chi connectivity index (χ2v) is 2.54. The Morgan fingerprint density at radius 1 is 1.57 bits per heavy atom. The van der Waals surface area contributed by atoms with Crippen LogP contribution in [-0.4, -0.2) is 45.3 Å².